The highest BCUT2D eigenvalue weighted by atomic mass is 32.1. The van der Waals surface area contributed by atoms with Crippen LogP contribution < -0.4 is 4.74 Å². The molecule has 1 aromatic heterocycles. The van der Waals surface area contributed by atoms with E-state index in [9.17, 15) is 20.5 Å². The number of aromatic hydroxyl groups is 1. The minimum Gasteiger partial charge on any atom is -0.500 e. The van der Waals surface area contributed by atoms with Gasteiger partial charge in [0.25, 0.3) is 0 Å². The molecule has 7 nitrogen and oxygen atoms in total. The van der Waals surface area contributed by atoms with E-state index in [1.54, 1.807) is 0 Å². The number of allylic oxidation sites excluding steroid dienone is 1. The highest BCUT2D eigenvalue weighted by molar-refractivity contribution is 7.11. The maximum Gasteiger partial charge on any atom is 0.315 e. The van der Waals surface area contributed by atoms with Gasteiger partial charge in [-0.05, 0) is 48.7 Å². The molecule has 8 heteroatoms. The zero-order chi connectivity index (χ0) is 21.1. The van der Waals surface area contributed by atoms with Crippen LogP contribution in [0.4, 0.5) is 5.69 Å². The minimum atomic E-state index is -0.706. The molecule has 0 amide bonds. The number of phenols is 1. The number of methoxy groups -OCH3 is 1. The molecule has 0 spiro atoms. The summed E-state index contributed by atoms with van der Waals surface area (Å²) in [5.41, 5.74) is 4.15. The summed E-state index contributed by atoms with van der Waals surface area (Å²) in [6.07, 6.45) is 1.48. The van der Waals surface area contributed by atoms with Gasteiger partial charge in [-0.1, -0.05) is 12.1 Å². The molecule has 3 rings (SSSR count). The number of hydrogen-bond acceptors (Lipinski definition) is 7. The van der Waals surface area contributed by atoms with Crippen LogP contribution in [0.2, 0.25) is 0 Å². The lowest BCUT2D eigenvalue weighted by Crippen LogP contribution is -1.93. The quantitative estimate of drug-likeness (QED) is 0.357. The lowest BCUT2D eigenvalue weighted by Gasteiger charge is -2.05. The number of benzene rings is 2. The number of phenolic OH excluding ortho intramolecular Hbond substituents is 1. The number of hydrogen-bond donors (Lipinski definition) is 1. The molecule has 0 radical (unpaired) electrons. The molecule has 0 bridgehead atoms. The zero-order valence-electron chi connectivity index (χ0n) is 16.0. The second kappa shape index (κ2) is 8.12. The molecule has 0 aliphatic carbocycles. The van der Waals surface area contributed by atoms with E-state index in [1.807, 2.05) is 37.4 Å². The molecular weight excluding hydrogens is 390 g/mol. The predicted octanol–water partition coefficient (Wildman–Crippen LogP) is 5.11. The van der Waals surface area contributed by atoms with Crippen LogP contribution in [-0.2, 0) is 0 Å². The van der Waals surface area contributed by atoms with Gasteiger partial charge in [0.1, 0.15) is 11.1 Å². The van der Waals surface area contributed by atoms with Crippen molar-refractivity contribution in [1.29, 1.82) is 5.26 Å². The lowest BCUT2D eigenvalue weighted by molar-refractivity contribution is -0.386. The van der Waals surface area contributed by atoms with Crippen LogP contribution in [-0.4, -0.2) is 22.1 Å². The first-order valence-electron chi connectivity index (χ1n) is 8.54. The van der Waals surface area contributed by atoms with Gasteiger partial charge in [-0.2, -0.15) is 5.26 Å². The molecule has 3 aromatic rings. The molecule has 0 saturated carbocycles. The Labute approximate surface area is 171 Å². The number of nitrogens with zero attached hydrogens (tertiary/aromatic N) is 3. The lowest BCUT2D eigenvalue weighted by atomic mass is 10.0. The summed E-state index contributed by atoms with van der Waals surface area (Å²) in [6.45, 7) is 4.06. The van der Waals surface area contributed by atoms with Crippen LogP contribution in [0.25, 0.3) is 22.9 Å². The van der Waals surface area contributed by atoms with Crippen molar-refractivity contribution in [1.82, 2.24) is 4.98 Å². The van der Waals surface area contributed by atoms with Crippen LogP contribution in [0.15, 0.2) is 35.7 Å². The summed E-state index contributed by atoms with van der Waals surface area (Å²) < 4.78 is 5.00. The van der Waals surface area contributed by atoms with Crippen molar-refractivity contribution in [2.75, 3.05) is 7.11 Å². The number of aryl methyl sites for hydroxylation is 2. The highest BCUT2D eigenvalue weighted by Crippen LogP contribution is 2.38. The number of aromatic nitrogens is 1. The van der Waals surface area contributed by atoms with E-state index in [2.05, 4.69) is 11.1 Å². The molecule has 0 aliphatic heterocycles. The van der Waals surface area contributed by atoms with Crippen molar-refractivity contribution < 1.29 is 14.8 Å². The topological polar surface area (TPSA) is 109 Å². The van der Waals surface area contributed by atoms with Gasteiger partial charge < -0.3 is 9.84 Å². The Morgan fingerprint density at radius 3 is 2.69 bits per heavy atom. The van der Waals surface area contributed by atoms with Gasteiger partial charge in [-0.3, -0.25) is 10.1 Å². The predicted molar refractivity (Wildman–Crippen MR) is 112 cm³/mol. The summed E-state index contributed by atoms with van der Waals surface area (Å²) in [6, 6.07) is 10.7. The van der Waals surface area contributed by atoms with E-state index in [0.29, 0.717) is 10.6 Å². The third-order valence-corrected chi connectivity index (χ3v) is 5.34. The number of nitro groups is 1. The number of nitro benzene ring substituents is 1. The standard InChI is InChI=1S/C21H17N3O4S/c1-12-4-5-15(6-13(12)2)17-11-29-21(23-17)16(10-22)7-14-8-18(24(26)27)20(25)19(9-14)28-3/h4-9,11,25H,1-3H3. The Bertz CT molecular complexity index is 1180. The molecular formula is C21H17N3O4S. The van der Waals surface area contributed by atoms with Gasteiger partial charge in [0, 0.05) is 17.0 Å². The second-order valence-electron chi connectivity index (χ2n) is 6.35. The highest BCUT2D eigenvalue weighted by Gasteiger charge is 2.20. The Kier molecular flexibility index (Phi) is 5.61. The third-order valence-electron chi connectivity index (χ3n) is 4.46. The van der Waals surface area contributed by atoms with Crippen molar-refractivity contribution in [3.63, 3.8) is 0 Å². The van der Waals surface area contributed by atoms with E-state index in [-0.39, 0.29) is 11.3 Å². The summed E-state index contributed by atoms with van der Waals surface area (Å²) in [5, 5.41) is 33.0. The molecule has 0 aliphatic rings. The third kappa shape index (κ3) is 4.10. The smallest absolute Gasteiger partial charge is 0.315 e. The van der Waals surface area contributed by atoms with Crippen molar-refractivity contribution in [2.45, 2.75) is 13.8 Å². The van der Waals surface area contributed by atoms with Gasteiger partial charge >= 0.3 is 5.69 Å². The average Bonchev–Trinajstić information content (AvgIpc) is 3.18. The second-order valence-corrected chi connectivity index (χ2v) is 7.21. The van der Waals surface area contributed by atoms with E-state index in [4.69, 9.17) is 4.74 Å². The Balaban J connectivity index is 2.03. The van der Waals surface area contributed by atoms with Crippen LogP contribution in [0, 0.1) is 35.3 Å². The molecule has 0 fully saturated rings. The number of rotatable bonds is 5. The fourth-order valence-corrected chi connectivity index (χ4v) is 3.53. The van der Waals surface area contributed by atoms with Gasteiger partial charge in [0.05, 0.1) is 23.3 Å². The largest absolute Gasteiger partial charge is 0.500 e. The molecule has 29 heavy (non-hydrogen) atoms. The number of ether oxygens (including phenoxy) is 1. The van der Waals surface area contributed by atoms with Crippen LogP contribution >= 0.6 is 11.3 Å². The molecule has 1 N–H and O–H groups in total. The van der Waals surface area contributed by atoms with Crippen molar-refractivity contribution >= 4 is 28.7 Å². The first-order valence-corrected chi connectivity index (χ1v) is 9.42. The van der Waals surface area contributed by atoms with Crippen molar-refractivity contribution in [3.05, 3.63) is 67.5 Å². The molecule has 2 aromatic carbocycles. The van der Waals surface area contributed by atoms with Crippen LogP contribution in [0.5, 0.6) is 11.5 Å². The first kappa shape index (κ1) is 20.0. The monoisotopic (exact) mass is 407 g/mol. The molecule has 146 valence electrons. The van der Waals surface area contributed by atoms with Gasteiger partial charge in [-0.25, -0.2) is 4.98 Å². The summed E-state index contributed by atoms with van der Waals surface area (Å²) >= 11 is 1.31. The van der Waals surface area contributed by atoms with Crippen LogP contribution in [0.1, 0.15) is 21.7 Å². The summed E-state index contributed by atoms with van der Waals surface area (Å²) in [5.74, 6) is -0.600. The summed E-state index contributed by atoms with van der Waals surface area (Å²) in [7, 11) is 1.30. The maximum atomic E-state index is 11.2. The van der Waals surface area contributed by atoms with Crippen molar-refractivity contribution in [2.24, 2.45) is 0 Å². The van der Waals surface area contributed by atoms with E-state index >= 15 is 0 Å². The van der Waals surface area contributed by atoms with E-state index in [0.717, 1.165) is 16.8 Å². The number of nitriles is 1. The van der Waals surface area contributed by atoms with Gasteiger partial charge in [0.2, 0.25) is 5.75 Å². The first-order chi connectivity index (χ1) is 13.8. The fourth-order valence-electron chi connectivity index (χ4n) is 2.73. The van der Waals surface area contributed by atoms with Crippen molar-refractivity contribution in [3.8, 4) is 28.8 Å². The Hall–Kier alpha value is -3.70. The summed E-state index contributed by atoms with van der Waals surface area (Å²) in [4.78, 5) is 15.0. The van der Waals surface area contributed by atoms with Gasteiger partial charge in [-0.15, -0.1) is 11.3 Å². The average molecular weight is 407 g/mol. The molecule has 0 saturated heterocycles. The van der Waals surface area contributed by atoms with Gasteiger partial charge in [0.15, 0.2) is 5.75 Å². The Morgan fingerprint density at radius 1 is 1.31 bits per heavy atom. The van der Waals surface area contributed by atoms with E-state index in [1.165, 1.54) is 42.2 Å². The SMILES string of the molecule is COc1cc(C=C(C#N)c2nc(-c3ccc(C)c(C)c3)cs2)cc([N+](=O)[O-])c1O. The van der Waals surface area contributed by atoms with Crippen LogP contribution in [0.3, 0.4) is 0 Å². The molecule has 1 heterocycles. The normalized spacial score (nSPS) is 11.2. The Morgan fingerprint density at radius 2 is 2.07 bits per heavy atom. The van der Waals surface area contributed by atoms with E-state index < -0.39 is 16.4 Å². The zero-order valence-corrected chi connectivity index (χ0v) is 16.8. The molecule has 0 unspecified atom stereocenters. The minimum absolute atomic E-state index is 0.0438. The maximum absolute atomic E-state index is 11.2. The number of thiazole rings is 1. The molecule has 0 atom stereocenters. The fraction of sp³-hybridized carbons (Fsp3) is 0.143.